The summed E-state index contributed by atoms with van der Waals surface area (Å²) in [6.45, 7) is 0. The summed E-state index contributed by atoms with van der Waals surface area (Å²) in [6.07, 6.45) is 1.64. The van der Waals surface area contributed by atoms with Crippen molar-refractivity contribution in [2.45, 2.75) is 0 Å². The molecule has 120 valence electrons. The highest BCUT2D eigenvalue weighted by molar-refractivity contribution is 7.71. The first-order valence-electron chi connectivity index (χ1n) is 7.31. The Kier molecular flexibility index (Phi) is 3.42. The number of rotatable bonds is 3. The Labute approximate surface area is 143 Å². The number of para-hydroxylation sites is 1. The summed E-state index contributed by atoms with van der Waals surface area (Å²) in [5.74, 6) is 1.85. The van der Waals surface area contributed by atoms with Crippen LogP contribution in [0.5, 0.6) is 11.5 Å². The van der Waals surface area contributed by atoms with Crippen molar-refractivity contribution < 1.29 is 9.47 Å². The second-order valence-corrected chi connectivity index (χ2v) is 5.54. The van der Waals surface area contributed by atoms with E-state index in [1.165, 1.54) is 0 Å². The smallest absolute Gasteiger partial charge is 0.206 e. The number of hydrogen-bond acceptors (Lipinski definition) is 6. The van der Waals surface area contributed by atoms with Gasteiger partial charge in [0.1, 0.15) is 5.52 Å². The topological polar surface area (TPSA) is 60.7 Å². The Hall–Kier alpha value is -2.93. The van der Waals surface area contributed by atoms with E-state index in [4.69, 9.17) is 21.7 Å². The van der Waals surface area contributed by atoms with E-state index in [1.807, 2.05) is 41.0 Å². The molecular formula is C17H14N4O2S. The highest BCUT2D eigenvalue weighted by Gasteiger charge is 2.22. The normalized spacial score (nSPS) is 12.1. The Balaban J connectivity index is 2.17. The van der Waals surface area contributed by atoms with Gasteiger partial charge in [-0.05, 0) is 24.4 Å². The maximum absolute atomic E-state index is 5.53. The van der Waals surface area contributed by atoms with Gasteiger partial charge in [0.05, 0.1) is 31.6 Å². The van der Waals surface area contributed by atoms with Crippen LogP contribution in [0.1, 0.15) is 0 Å². The second-order valence-electron chi connectivity index (χ2n) is 5.17. The minimum absolute atomic E-state index is 0.403. The summed E-state index contributed by atoms with van der Waals surface area (Å²) in [5, 5.41) is 3.98. The number of anilines is 1. The van der Waals surface area contributed by atoms with Crippen molar-refractivity contribution in [1.82, 2.24) is 9.55 Å². The number of hydrogen-bond donors (Lipinski definition) is 1. The lowest BCUT2D eigenvalue weighted by Gasteiger charge is -2.20. The zero-order chi connectivity index (χ0) is 16.7. The van der Waals surface area contributed by atoms with Gasteiger partial charge in [-0.25, -0.2) is 9.98 Å². The molecule has 24 heavy (non-hydrogen) atoms. The van der Waals surface area contributed by atoms with Crippen LogP contribution < -0.4 is 14.8 Å². The first kappa shape index (κ1) is 14.6. The molecule has 0 spiro atoms. The predicted octanol–water partition coefficient (Wildman–Crippen LogP) is 3.86. The van der Waals surface area contributed by atoms with Gasteiger partial charge in [-0.2, -0.15) is 0 Å². The highest BCUT2D eigenvalue weighted by atomic mass is 32.1. The predicted molar refractivity (Wildman–Crippen MR) is 96.8 cm³/mol. The third-order valence-electron chi connectivity index (χ3n) is 3.90. The van der Waals surface area contributed by atoms with Crippen LogP contribution in [0, 0.1) is 4.77 Å². The van der Waals surface area contributed by atoms with Crippen LogP contribution in [-0.4, -0.2) is 30.1 Å². The number of nitrogens with one attached hydrogen (secondary N) is 1. The van der Waals surface area contributed by atoms with E-state index in [0.717, 1.165) is 16.8 Å². The summed E-state index contributed by atoms with van der Waals surface area (Å²) in [6, 6.07) is 11.7. The molecule has 7 heteroatoms. The zero-order valence-electron chi connectivity index (χ0n) is 13.1. The van der Waals surface area contributed by atoms with Crippen molar-refractivity contribution in [2.24, 2.45) is 4.99 Å². The van der Waals surface area contributed by atoms with Crippen molar-refractivity contribution in [2.75, 3.05) is 19.5 Å². The van der Waals surface area contributed by atoms with Crippen molar-refractivity contribution in [3.05, 3.63) is 41.2 Å². The molecule has 0 radical (unpaired) electrons. The van der Waals surface area contributed by atoms with Crippen LogP contribution in [0.15, 0.2) is 41.4 Å². The molecule has 0 unspecified atom stereocenters. The summed E-state index contributed by atoms with van der Waals surface area (Å²) in [5.41, 5.74) is 2.38. The Morgan fingerprint density at radius 2 is 1.92 bits per heavy atom. The molecule has 0 bridgehead atoms. The maximum Gasteiger partial charge on any atom is 0.206 e. The SMILES string of the molecule is COc1cc2c3c(n(-c4ccccc4)c(=S)nc3c1OC)N=CN2. The average Bonchev–Trinajstić information content (AvgIpc) is 2.62. The van der Waals surface area contributed by atoms with E-state index >= 15 is 0 Å². The van der Waals surface area contributed by atoms with Gasteiger partial charge in [0.15, 0.2) is 17.3 Å². The lowest BCUT2D eigenvalue weighted by Crippen LogP contribution is -2.09. The van der Waals surface area contributed by atoms with E-state index in [0.29, 0.717) is 27.6 Å². The first-order valence-corrected chi connectivity index (χ1v) is 7.71. The van der Waals surface area contributed by atoms with Crippen molar-refractivity contribution in [3.63, 3.8) is 0 Å². The van der Waals surface area contributed by atoms with Crippen LogP contribution in [0.3, 0.4) is 0 Å². The molecule has 1 aromatic heterocycles. The Morgan fingerprint density at radius 1 is 1.12 bits per heavy atom. The minimum atomic E-state index is 0.403. The molecule has 4 rings (SSSR count). The summed E-state index contributed by atoms with van der Waals surface area (Å²) < 4.78 is 13.2. The molecule has 0 amide bonds. The molecule has 2 aromatic carbocycles. The Morgan fingerprint density at radius 3 is 2.62 bits per heavy atom. The van der Waals surface area contributed by atoms with Crippen molar-refractivity contribution >= 4 is 41.0 Å². The van der Waals surface area contributed by atoms with Gasteiger partial charge in [-0.15, -0.1) is 0 Å². The molecule has 1 aliphatic heterocycles. The van der Waals surface area contributed by atoms with Gasteiger partial charge < -0.3 is 14.8 Å². The van der Waals surface area contributed by atoms with E-state index in [1.54, 1.807) is 20.6 Å². The molecular weight excluding hydrogens is 324 g/mol. The van der Waals surface area contributed by atoms with Gasteiger partial charge in [0, 0.05) is 11.8 Å². The largest absolute Gasteiger partial charge is 0.493 e. The number of ether oxygens (including phenoxy) is 2. The summed E-state index contributed by atoms with van der Waals surface area (Å²) in [4.78, 5) is 9.10. The Bertz CT molecular complexity index is 1030. The fourth-order valence-corrected chi connectivity index (χ4v) is 3.15. The van der Waals surface area contributed by atoms with Crippen LogP contribution in [0.25, 0.3) is 16.6 Å². The van der Waals surface area contributed by atoms with Gasteiger partial charge in [0.2, 0.25) is 4.77 Å². The lowest BCUT2D eigenvalue weighted by molar-refractivity contribution is 0.358. The van der Waals surface area contributed by atoms with Crippen LogP contribution in [0.4, 0.5) is 11.5 Å². The van der Waals surface area contributed by atoms with Crippen LogP contribution >= 0.6 is 12.2 Å². The summed E-state index contributed by atoms with van der Waals surface area (Å²) >= 11 is 5.53. The fourth-order valence-electron chi connectivity index (χ4n) is 2.87. The summed E-state index contributed by atoms with van der Waals surface area (Å²) in [7, 11) is 3.18. The second kappa shape index (κ2) is 5.61. The van der Waals surface area contributed by atoms with E-state index in [9.17, 15) is 0 Å². The third kappa shape index (κ3) is 2.05. The molecule has 3 aromatic rings. The molecule has 2 heterocycles. The van der Waals surface area contributed by atoms with Crippen molar-refractivity contribution in [3.8, 4) is 17.2 Å². The zero-order valence-corrected chi connectivity index (χ0v) is 13.9. The lowest BCUT2D eigenvalue weighted by atomic mass is 10.1. The fraction of sp³-hybridized carbons (Fsp3) is 0.118. The number of aliphatic imine (C=N–C) groups is 1. The van der Waals surface area contributed by atoms with Crippen molar-refractivity contribution in [1.29, 1.82) is 0 Å². The third-order valence-corrected chi connectivity index (χ3v) is 4.17. The molecule has 1 N–H and O–H groups in total. The number of benzene rings is 2. The van der Waals surface area contributed by atoms with Gasteiger partial charge >= 0.3 is 0 Å². The number of aromatic nitrogens is 2. The van der Waals surface area contributed by atoms with E-state index in [2.05, 4.69) is 15.3 Å². The number of methoxy groups -OCH3 is 2. The molecule has 1 aliphatic rings. The standard InChI is InChI=1S/C17H14N4O2S/c1-22-12-8-11-13-14(15(12)23-2)20-17(24)21(16(13)19-9-18-11)10-6-4-3-5-7-10/h3-9H,1-2H3,(H,18,19). The minimum Gasteiger partial charge on any atom is -0.493 e. The molecule has 0 saturated heterocycles. The quantitative estimate of drug-likeness (QED) is 0.735. The van der Waals surface area contributed by atoms with E-state index in [-0.39, 0.29) is 0 Å². The molecule has 0 saturated carbocycles. The van der Waals surface area contributed by atoms with Gasteiger partial charge in [-0.3, -0.25) is 4.57 Å². The molecule has 6 nitrogen and oxygen atoms in total. The maximum atomic E-state index is 5.53. The average molecular weight is 338 g/mol. The van der Waals surface area contributed by atoms with Crippen LogP contribution in [-0.2, 0) is 0 Å². The first-order chi connectivity index (χ1) is 11.7. The van der Waals surface area contributed by atoms with E-state index < -0.39 is 0 Å². The van der Waals surface area contributed by atoms with Gasteiger partial charge in [0.25, 0.3) is 0 Å². The monoisotopic (exact) mass is 338 g/mol. The molecule has 0 atom stereocenters. The molecule has 0 fully saturated rings. The molecule has 0 aliphatic carbocycles. The van der Waals surface area contributed by atoms with Crippen LogP contribution in [0.2, 0.25) is 0 Å². The number of nitrogens with zero attached hydrogens (tertiary/aromatic N) is 3. The highest BCUT2D eigenvalue weighted by Crippen LogP contribution is 2.44. The van der Waals surface area contributed by atoms with Gasteiger partial charge in [-0.1, -0.05) is 18.2 Å².